The number of nitrogens with two attached hydrogens (primary N) is 1. The summed E-state index contributed by atoms with van der Waals surface area (Å²) in [6.45, 7) is 0. The summed E-state index contributed by atoms with van der Waals surface area (Å²) in [5.74, 6) is 0.445. The first kappa shape index (κ1) is 18.7. The second-order valence-corrected chi connectivity index (χ2v) is 10.5. The predicted octanol–water partition coefficient (Wildman–Crippen LogP) is 0.275. The van der Waals surface area contributed by atoms with Crippen molar-refractivity contribution in [1.82, 2.24) is 30.4 Å². The van der Waals surface area contributed by atoms with Crippen molar-refractivity contribution in [3.8, 4) is 0 Å². The Bertz CT molecular complexity index is 1480. The Morgan fingerprint density at radius 3 is 2.57 bits per heavy atom. The molecule has 0 amide bonds. The number of fused-ring (bicyclic) bond motifs is 2. The first-order chi connectivity index (χ1) is 14.5. The van der Waals surface area contributed by atoms with Gasteiger partial charge in [0.25, 0.3) is 0 Å². The molecule has 0 atom stereocenters. The fourth-order valence-corrected chi connectivity index (χ4v) is 5.50. The molecule has 0 saturated carbocycles. The van der Waals surface area contributed by atoms with Crippen LogP contribution in [0.3, 0.4) is 0 Å². The average molecular weight is 481 g/mol. The summed E-state index contributed by atoms with van der Waals surface area (Å²) in [7, 11) is -3.72. The summed E-state index contributed by atoms with van der Waals surface area (Å²) >= 11 is -0.538. The number of aromatic amines is 2. The van der Waals surface area contributed by atoms with Crippen LogP contribution in [0.5, 0.6) is 0 Å². The Morgan fingerprint density at radius 2 is 1.77 bits per heavy atom. The number of hydrogen-bond acceptors (Lipinski definition) is 7. The number of aromatic nitrogens is 6. The number of primary sulfonamides is 1. The van der Waals surface area contributed by atoms with Gasteiger partial charge in [0.1, 0.15) is 0 Å². The zero-order chi connectivity index (χ0) is 20.7. The quantitative estimate of drug-likeness (QED) is 0.263. The molecule has 0 spiro atoms. The Hall–Kier alpha value is -3.27. The molecule has 3 aromatic heterocycles. The van der Waals surface area contributed by atoms with Gasteiger partial charge in [0.15, 0.2) is 0 Å². The first-order valence-electron chi connectivity index (χ1n) is 8.72. The number of benzene rings is 2. The number of nitrogens with zero attached hydrogens (tertiary/aromatic N) is 4. The van der Waals surface area contributed by atoms with Crippen LogP contribution >= 0.6 is 0 Å². The first-order valence-corrected chi connectivity index (χ1v) is 12.1. The van der Waals surface area contributed by atoms with Gasteiger partial charge in [0, 0.05) is 0 Å². The van der Waals surface area contributed by atoms with Gasteiger partial charge in [-0.25, -0.2) is 0 Å². The zero-order valence-corrected chi connectivity index (χ0v) is 17.9. The molecule has 0 bridgehead atoms. The van der Waals surface area contributed by atoms with E-state index in [-0.39, 0.29) is 4.90 Å². The monoisotopic (exact) mass is 481 g/mol. The molecule has 0 unspecified atom stereocenters. The molecular weight excluding hydrogens is 467 g/mol. The van der Waals surface area contributed by atoms with Crippen molar-refractivity contribution in [3.05, 3.63) is 54.9 Å². The fourth-order valence-electron chi connectivity index (χ4n) is 2.94. The van der Waals surface area contributed by atoms with Crippen LogP contribution in [-0.4, -0.2) is 54.5 Å². The van der Waals surface area contributed by atoms with E-state index in [9.17, 15) is 8.42 Å². The van der Waals surface area contributed by atoms with Gasteiger partial charge in [-0.1, -0.05) is 0 Å². The van der Waals surface area contributed by atoms with Crippen LogP contribution in [-0.2, 0) is 10.0 Å². The minimum absolute atomic E-state index is 0.0839. The van der Waals surface area contributed by atoms with Gasteiger partial charge in [-0.2, -0.15) is 0 Å². The molecule has 149 valence electrons. The summed E-state index contributed by atoms with van der Waals surface area (Å²) in [5.41, 5.74) is 2.41. The van der Waals surface area contributed by atoms with Gasteiger partial charge < -0.3 is 0 Å². The molecule has 0 aliphatic heterocycles. The van der Waals surface area contributed by atoms with E-state index >= 15 is 0 Å². The van der Waals surface area contributed by atoms with Gasteiger partial charge in [-0.3, -0.25) is 0 Å². The Morgan fingerprint density at radius 1 is 0.967 bits per heavy atom. The maximum absolute atomic E-state index is 11.5. The molecule has 0 fully saturated rings. The molecule has 5 N–H and O–H groups in total. The molecule has 0 aliphatic rings. The SMILES string of the molecule is NS(=O)(=O)c1ccc([As]c2nc(Nc3ccc4[nH]ncc4c3)nc3[nH]ncc23)cc1. The van der Waals surface area contributed by atoms with Crippen molar-refractivity contribution in [2.75, 3.05) is 5.32 Å². The van der Waals surface area contributed by atoms with Crippen LogP contribution in [0.4, 0.5) is 11.6 Å². The zero-order valence-electron chi connectivity index (χ0n) is 15.2. The van der Waals surface area contributed by atoms with Gasteiger partial charge in [-0.15, -0.1) is 0 Å². The second kappa shape index (κ2) is 7.21. The van der Waals surface area contributed by atoms with Crippen molar-refractivity contribution < 1.29 is 8.42 Å². The van der Waals surface area contributed by atoms with E-state index in [2.05, 4.69) is 30.7 Å². The number of nitrogens with one attached hydrogen (secondary N) is 3. The average Bonchev–Trinajstić information content (AvgIpc) is 3.36. The standard InChI is InChI=1S/C18H14AsN8O2S/c20-30(28,29)13-4-1-11(2-5-13)19-16-14-9-22-27-17(14)25-18(24-16)23-12-3-6-15-10(7-12)8-21-26-15/h1-9H,(H,21,26)(H2,20,28,29)(H2,22,23,24,25,27). The molecule has 2 aromatic carbocycles. The third kappa shape index (κ3) is 3.65. The van der Waals surface area contributed by atoms with Crippen molar-refractivity contribution in [2.45, 2.75) is 4.90 Å². The number of rotatable bonds is 5. The topological polar surface area (TPSA) is 155 Å². The second-order valence-electron chi connectivity index (χ2n) is 6.45. The van der Waals surface area contributed by atoms with Crippen molar-refractivity contribution in [2.24, 2.45) is 5.14 Å². The minimum atomic E-state index is -3.72. The summed E-state index contributed by atoms with van der Waals surface area (Å²) in [6.07, 6.45) is 3.45. The van der Waals surface area contributed by atoms with E-state index in [0.29, 0.717) is 11.6 Å². The van der Waals surface area contributed by atoms with Gasteiger partial charge in [0.2, 0.25) is 0 Å². The van der Waals surface area contributed by atoms with E-state index in [1.807, 2.05) is 18.2 Å². The summed E-state index contributed by atoms with van der Waals surface area (Å²) in [4.78, 5) is 9.28. The van der Waals surface area contributed by atoms with E-state index in [1.165, 1.54) is 12.1 Å². The number of sulfonamides is 1. The summed E-state index contributed by atoms with van der Waals surface area (Å²) < 4.78 is 24.8. The Kier molecular flexibility index (Phi) is 4.50. The van der Waals surface area contributed by atoms with Gasteiger partial charge in [-0.05, 0) is 0 Å². The third-order valence-electron chi connectivity index (χ3n) is 4.39. The molecular formula is C18H14AsN8O2S. The van der Waals surface area contributed by atoms with Gasteiger partial charge >= 0.3 is 177 Å². The normalized spacial score (nSPS) is 12.3. The molecule has 5 rings (SSSR count). The molecule has 12 heteroatoms. The summed E-state index contributed by atoms with van der Waals surface area (Å²) in [6, 6.07) is 12.3. The van der Waals surface area contributed by atoms with Crippen LogP contribution < -0.4 is 19.3 Å². The van der Waals surface area contributed by atoms with Crippen molar-refractivity contribution in [1.29, 1.82) is 0 Å². The third-order valence-corrected chi connectivity index (χ3v) is 7.64. The van der Waals surface area contributed by atoms with Crippen LogP contribution in [0.1, 0.15) is 0 Å². The number of anilines is 2. The molecule has 5 aromatic rings. The van der Waals surface area contributed by atoms with E-state index in [0.717, 1.165) is 30.8 Å². The maximum atomic E-state index is 11.5. The molecule has 0 aliphatic carbocycles. The Balaban J connectivity index is 1.48. The van der Waals surface area contributed by atoms with Crippen LogP contribution in [0.2, 0.25) is 0 Å². The van der Waals surface area contributed by atoms with Crippen LogP contribution in [0.25, 0.3) is 21.9 Å². The van der Waals surface area contributed by atoms with Crippen LogP contribution in [0, 0.1) is 0 Å². The molecule has 1 radical (unpaired) electrons. The van der Waals surface area contributed by atoms with Crippen molar-refractivity contribution >= 4 is 68.2 Å². The predicted molar refractivity (Wildman–Crippen MR) is 114 cm³/mol. The number of hydrogen-bond donors (Lipinski definition) is 4. The molecule has 0 saturated heterocycles. The molecule has 10 nitrogen and oxygen atoms in total. The van der Waals surface area contributed by atoms with Crippen molar-refractivity contribution in [3.63, 3.8) is 0 Å². The Labute approximate surface area is 177 Å². The molecule has 3 heterocycles. The summed E-state index contributed by atoms with van der Waals surface area (Å²) in [5, 5.41) is 24.1. The van der Waals surface area contributed by atoms with E-state index in [4.69, 9.17) is 10.1 Å². The molecule has 30 heavy (non-hydrogen) atoms. The van der Waals surface area contributed by atoms with E-state index < -0.39 is 25.8 Å². The van der Waals surface area contributed by atoms with Crippen LogP contribution in [0.15, 0.2) is 59.8 Å². The number of H-pyrrole nitrogens is 2. The van der Waals surface area contributed by atoms with E-state index in [1.54, 1.807) is 24.5 Å². The fraction of sp³-hybridized carbons (Fsp3) is 0. The van der Waals surface area contributed by atoms with Gasteiger partial charge in [0.05, 0.1) is 0 Å².